The van der Waals surface area contributed by atoms with Gasteiger partial charge in [-0.3, -0.25) is 9.59 Å². The number of hydrogen-bond donors (Lipinski definition) is 0. The maximum atomic E-state index is 13.2. The summed E-state index contributed by atoms with van der Waals surface area (Å²) in [4.78, 5) is 30.5. The maximum absolute atomic E-state index is 13.2. The van der Waals surface area contributed by atoms with Crippen LogP contribution in [0, 0.1) is 6.92 Å². The third-order valence-electron chi connectivity index (χ3n) is 6.23. The zero-order chi connectivity index (χ0) is 18.9. The van der Waals surface area contributed by atoms with Crippen LogP contribution in [-0.2, 0) is 28.1 Å². The standard InChI is InChI=1S/C22H20N2O3/c1-4-22(3)16-9-18-19-13(8-14-12(2)6-5-7-17(14)23-19)10-24(18)20(25)15(16)11-27-21(22)26/h5-9H,4,10-11H2,1-3H3/t22-/m1/s1. The quantitative estimate of drug-likeness (QED) is 0.488. The molecule has 1 atom stereocenters. The molecular weight excluding hydrogens is 340 g/mol. The van der Waals surface area contributed by atoms with Crippen LogP contribution in [0.15, 0.2) is 35.1 Å². The molecule has 0 bridgehead atoms. The van der Waals surface area contributed by atoms with Gasteiger partial charge in [-0.05, 0) is 49.6 Å². The first-order valence-electron chi connectivity index (χ1n) is 9.28. The average molecular weight is 360 g/mol. The number of benzene rings is 1. The highest BCUT2D eigenvalue weighted by molar-refractivity contribution is 5.88. The molecule has 2 aromatic heterocycles. The van der Waals surface area contributed by atoms with E-state index in [-0.39, 0.29) is 18.1 Å². The second-order valence-corrected chi connectivity index (χ2v) is 7.71. The fourth-order valence-corrected chi connectivity index (χ4v) is 4.31. The van der Waals surface area contributed by atoms with E-state index in [2.05, 4.69) is 19.1 Å². The lowest BCUT2D eigenvalue weighted by Crippen LogP contribution is -2.42. The fraction of sp³-hybridized carbons (Fsp3) is 0.318. The lowest BCUT2D eigenvalue weighted by atomic mass is 9.76. The molecule has 5 heteroatoms. The predicted octanol–water partition coefficient (Wildman–Crippen LogP) is 3.46. The van der Waals surface area contributed by atoms with E-state index in [1.165, 1.54) is 5.56 Å². The van der Waals surface area contributed by atoms with Gasteiger partial charge >= 0.3 is 5.97 Å². The molecule has 0 unspecified atom stereocenters. The fourth-order valence-electron chi connectivity index (χ4n) is 4.31. The minimum absolute atomic E-state index is 0.0493. The Kier molecular flexibility index (Phi) is 3.18. The van der Waals surface area contributed by atoms with Gasteiger partial charge in [-0.15, -0.1) is 0 Å². The minimum Gasteiger partial charge on any atom is -0.460 e. The molecule has 0 spiro atoms. The van der Waals surface area contributed by atoms with E-state index < -0.39 is 5.41 Å². The van der Waals surface area contributed by atoms with Crippen molar-refractivity contribution in [3.8, 4) is 11.4 Å². The molecule has 5 nitrogen and oxygen atoms in total. The van der Waals surface area contributed by atoms with Gasteiger partial charge in [-0.25, -0.2) is 4.98 Å². The Morgan fingerprint density at radius 2 is 2.07 bits per heavy atom. The van der Waals surface area contributed by atoms with Crippen molar-refractivity contribution in [2.45, 2.75) is 45.8 Å². The van der Waals surface area contributed by atoms with Gasteiger partial charge in [-0.1, -0.05) is 19.1 Å². The molecule has 0 radical (unpaired) electrons. The van der Waals surface area contributed by atoms with Gasteiger partial charge in [-0.2, -0.15) is 0 Å². The molecule has 0 saturated carbocycles. The molecule has 4 heterocycles. The maximum Gasteiger partial charge on any atom is 0.316 e. The lowest BCUT2D eigenvalue weighted by Gasteiger charge is -2.33. The van der Waals surface area contributed by atoms with Crippen molar-refractivity contribution in [1.82, 2.24) is 9.55 Å². The van der Waals surface area contributed by atoms with Gasteiger partial charge in [0.15, 0.2) is 0 Å². The van der Waals surface area contributed by atoms with Crippen molar-refractivity contribution in [2.24, 2.45) is 0 Å². The molecule has 0 N–H and O–H groups in total. The zero-order valence-electron chi connectivity index (χ0n) is 15.6. The van der Waals surface area contributed by atoms with Crippen molar-refractivity contribution in [1.29, 1.82) is 0 Å². The molecule has 1 aromatic carbocycles. The summed E-state index contributed by atoms with van der Waals surface area (Å²) in [6.45, 7) is 6.43. The van der Waals surface area contributed by atoms with Gasteiger partial charge in [0, 0.05) is 10.9 Å². The Hall–Kier alpha value is -2.95. The molecule has 5 rings (SSSR count). The summed E-state index contributed by atoms with van der Waals surface area (Å²) in [5.41, 5.74) is 5.28. The molecule has 2 aliphatic rings. The number of ether oxygens (including phenoxy) is 1. The van der Waals surface area contributed by atoms with Crippen LogP contribution in [-0.4, -0.2) is 15.5 Å². The number of fused-ring (bicyclic) bond motifs is 5. The molecule has 0 aliphatic carbocycles. The highest BCUT2D eigenvalue weighted by Gasteiger charge is 2.43. The Morgan fingerprint density at radius 3 is 2.85 bits per heavy atom. The Labute approximate surface area is 156 Å². The van der Waals surface area contributed by atoms with E-state index in [4.69, 9.17) is 9.72 Å². The van der Waals surface area contributed by atoms with E-state index in [1.807, 2.05) is 32.0 Å². The summed E-state index contributed by atoms with van der Waals surface area (Å²) in [7, 11) is 0. The lowest BCUT2D eigenvalue weighted by molar-refractivity contribution is -0.153. The molecule has 136 valence electrons. The number of carbonyl (C=O) groups is 1. The van der Waals surface area contributed by atoms with E-state index in [0.717, 1.165) is 33.4 Å². The van der Waals surface area contributed by atoms with Gasteiger partial charge in [0.2, 0.25) is 0 Å². The SMILES string of the molecule is CC[C@@]1(C)C(=O)OCc2c1cc1n(c2=O)Cc2cc3c(C)cccc3nc2-1. The van der Waals surface area contributed by atoms with Crippen molar-refractivity contribution in [3.63, 3.8) is 0 Å². The molecular formula is C22H20N2O3. The van der Waals surface area contributed by atoms with E-state index in [0.29, 0.717) is 18.5 Å². The number of nitrogens with zero attached hydrogens (tertiary/aromatic N) is 2. The van der Waals surface area contributed by atoms with Crippen LogP contribution >= 0.6 is 0 Å². The van der Waals surface area contributed by atoms with Crippen molar-refractivity contribution in [3.05, 3.63) is 62.9 Å². The first-order chi connectivity index (χ1) is 12.9. The minimum atomic E-state index is -0.793. The summed E-state index contributed by atoms with van der Waals surface area (Å²) in [5, 5.41) is 1.11. The number of esters is 1. The molecule has 0 amide bonds. The highest BCUT2D eigenvalue weighted by Crippen LogP contribution is 2.39. The van der Waals surface area contributed by atoms with Crippen LogP contribution in [0.3, 0.4) is 0 Å². The van der Waals surface area contributed by atoms with E-state index in [9.17, 15) is 9.59 Å². The molecule has 0 saturated heterocycles. The highest BCUT2D eigenvalue weighted by atomic mass is 16.5. The smallest absolute Gasteiger partial charge is 0.316 e. The normalized spacial score (nSPS) is 20.2. The van der Waals surface area contributed by atoms with Crippen LogP contribution in [0.4, 0.5) is 0 Å². The second kappa shape index (κ2) is 5.28. The largest absolute Gasteiger partial charge is 0.460 e. The van der Waals surface area contributed by atoms with Crippen molar-refractivity contribution in [2.75, 3.05) is 0 Å². The number of carbonyl (C=O) groups excluding carboxylic acids is 1. The van der Waals surface area contributed by atoms with Crippen LogP contribution in [0.1, 0.15) is 42.5 Å². The summed E-state index contributed by atoms with van der Waals surface area (Å²) in [6.07, 6.45) is 0.582. The van der Waals surface area contributed by atoms with Gasteiger partial charge < -0.3 is 9.30 Å². The predicted molar refractivity (Wildman–Crippen MR) is 103 cm³/mol. The molecule has 27 heavy (non-hydrogen) atoms. The summed E-state index contributed by atoms with van der Waals surface area (Å²) < 4.78 is 7.10. The number of aromatic nitrogens is 2. The number of rotatable bonds is 1. The van der Waals surface area contributed by atoms with Crippen LogP contribution in [0.5, 0.6) is 0 Å². The van der Waals surface area contributed by atoms with Crippen LogP contribution in [0.2, 0.25) is 0 Å². The third kappa shape index (κ3) is 2.02. The number of cyclic esters (lactones) is 1. The number of hydrogen-bond acceptors (Lipinski definition) is 4. The average Bonchev–Trinajstić information content (AvgIpc) is 3.02. The first kappa shape index (κ1) is 16.2. The van der Waals surface area contributed by atoms with Crippen LogP contribution < -0.4 is 5.56 Å². The van der Waals surface area contributed by atoms with Crippen LogP contribution in [0.25, 0.3) is 22.3 Å². The van der Waals surface area contributed by atoms with Gasteiger partial charge in [0.25, 0.3) is 5.56 Å². The zero-order valence-corrected chi connectivity index (χ0v) is 15.6. The molecule has 0 fully saturated rings. The Bertz CT molecular complexity index is 1210. The molecule has 2 aliphatic heterocycles. The van der Waals surface area contributed by atoms with E-state index in [1.54, 1.807) is 4.57 Å². The molecule has 3 aromatic rings. The first-order valence-corrected chi connectivity index (χ1v) is 9.28. The summed E-state index contributed by atoms with van der Waals surface area (Å²) >= 11 is 0. The number of aryl methyl sites for hydroxylation is 1. The van der Waals surface area contributed by atoms with E-state index >= 15 is 0 Å². The Morgan fingerprint density at radius 1 is 1.26 bits per heavy atom. The van der Waals surface area contributed by atoms with Gasteiger partial charge in [0.1, 0.15) is 6.61 Å². The van der Waals surface area contributed by atoms with Crippen molar-refractivity contribution >= 4 is 16.9 Å². The third-order valence-corrected chi connectivity index (χ3v) is 6.23. The summed E-state index contributed by atoms with van der Waals surface area (Å²) in [6, 6.07) is 10.2. The number of pyridine rings is 2. The monoisotopic (exact) mass is 360 g/mol. The Balaban J connectivity index is 1.81. The second-order valence-electron chi connectivity index (χ2n) is 7.71. The van der Waals surface area contributed by atoms with Crippen molar-refractivity contribution < 1.29 is 9.53 Å². The van der Waals surface area contributed by atoms with Gasteiger partial charge in [0.05, 0.1) is 34.4 Å². The topological polar surface area (TPSA) is 61.2 Å². The summed E-state index contributed by atoms with van der Waals surface area (Å²) in [5.74, 6) is -0.262.